The summed E-state index contributed by atoms with van der Waals surface area (Å²) in [5.41, 5.74) is 4.10. The normalized spacial score (nSPS) is 15.6. The van der Waals surface area contributed by atoms with Gasteiger partial charge in [-0.2, -0.15) is 0 Å². The van der Waals surface area contributed by atoms with Crippen LogP contribution in [0, 0.1) is 0 Å². The number of carbonyl (C=O) groups is 2. The molecular formula is C28H37N5O2. The zero-order valence-corrected chi connectivity index (χ0v) is 21.2. The predicted molar refractivity (Wildman–Crippen MR) is 140 cm³/mol. The van der Waals surface area contributed by atoms with Crippen LogP contribution in [0.25, 0.3) is 11.0 Å². The molecular weight excluding hydrogens is 438 g/mol. The molecule has 2 heterocycles. The first-order valence-electron chi connectivity index (χ1n) is 12.7. The van der Waals surface area contributed by atoms with Gasteiger partial charge in [0, 0.05) is 58.2 Å². The molecule has 0 spiro atoms. The van der Waals surface area contributed by atoms with Crippen molar-refractivity contribution in [2.75, 3.05) is 38.1 Å². The van der Waals surface area contributed by atoms with Crippen LogP contribution in [0.4, 0.5) is 5.69 Å². The zero-order valence-electron chi connectivity index (χ0n) is 21.2. The number of anilines is 1. The standard InChI is InChI=1S/C28H37N5O2/c1-4-32-26-14-8-6-12-24(26)29-27(32)15-9-16-28(35)31-20-19-30(3)17-10-18-33(22(2)34)25-13-7-5-11-23(25)21-31/h5-8,11-14H,4,9-10,15-21H2,1-3H3. The van der Waals surface area contributed by atoms with E-state index in [4.69, 9.17) is 4.98 Å². The van der Waals surface area contributed by atoms with Gasteiger partial charge in [-0.1, -0.05) is 30.3 Å². The molecule has 7 nitrogen and oxygen atoms in total. The van der Waals surface area contributed by atoms with E-state index in [0.29, 0.717) is 26.1 Å². The molecule has 4 rings (SSSR count). The second-order valence-electron chi connectivity index (χ2n) is 9.39. The van der Waals surface area contributed by atoms with E-state index in [-0.39, 0.29) is 11.8 Å². The van der Waals surface area contributed by atoms with E-state index in [1.807, 2.05) is 52.3 Å². The number of nitrogens with zero attached hydrogens (tertiary/aromatic N) is 5. The van der Waals surface area contributed by atoms with Crippen LogP contribution in [-0.4, -0.2) is 64.4 Å². The van der Waals surface area contributed by atoms with Gasteiger partial charge in [0.15, 0.2) is 0 Å². The van der Waals surface area contributed by atoms with E-state index >= 15 is 0 Å². The molecule has 1 aromatic heterocycles. The highest BCUT2D eigenvalue weighted by molar-refractivity contribution is 5.92. The summed E-state index contributed by atoms with van der Waals surface area (Å²) < 4.78 is 2.24. The maximum Gasteiger partial charge on any atom is 0.223 e. The molecule has 0 unspecified atom stereocenters. The van der Waals surface area contributed by atoms with Crippen molar-refractivity contribution in [3.8, 4) is 0 Å². The van der Waals surface area contributed by atoms with Crippen LogP contribution in [0.5, 0.6) is 0 Å². The smallest absolute Gasteiger partial charge is 0.223 e. The second-order valence-corrected chi connectivity index (χ2v) is 9.39. The molecule has 0 bridgehead atoms. The molecule has 35 heavy (non-hydrogen) atoms. The van der Waals surface area contributed by atoms with Gasteiger partial charge in [-0.15, -0.1) is 0 Å². The van der Waals surface area contributed by atoms with Crippen LogP contribution in [-0.2, 0) is 29.1 Å². The molecule has 1 aliphatic heterocycles. The van der Waals surface area contributed by atoms with Gasteiger partial charge in [-0.25, -0.2) is 4.98 Å². The minimum absolute atomic E-state index is 0.0380. The maximum atomic E-state index is 13.4. The van der Waals surface area contributed by atoms with Gasteiger partial charge < -0.3 is 19.3 Å². The first-order chi connectivity index (χ1) is 17.0. The molecule has 0 radical (unpaired) electrons. The molecule has 2 amide bonds. The number of carbonyl (C=O) groups excluding carboxylic acids is 2. The Hall–Kier alpha value is -3.19. The number of hydrogen-bond acceptors (Lipinski definition) is 4. The topological polar surface area (TPSA) is 61.7 Å². The molecule has 0 aliphatic carbocycles. The Bertz CT molecular complexity index is 1170. The summed E-state index contributed by atoms with van der Waals surface area (Å²) in [6.45, 7) is 8.20. The van der Waals surface area contributed by atoms with E-state index in [2.05, 4.69) is 29.5 Å². The van der Waals surface area contributed by atoms with Crippen LogP contribution >= 0.6 is 0 Å². The highest BCUT2D eigenvalue weighted by atomic mass is 16.2. The lowest BCUT2D eigenvalue weighted by molar-refractivity contribution is -0.132. The first-order valence-corrected chi connectivity index (χ1v) is 12.7. The van der Waals surface area contributed by atoms with E-state index < -0.39 is 0 Å². The summed E-state index contributed by atoms with van der Waals surface area (Å²) in [4.78, 5) is 36.7. The molecule has 3 aromatic rings. The first kappa shape index (κ1) is 24.9. The fraction of sp³-hybridized carbons (Fsp3) is 0.464. The average molecular weight is 476 g/mol. The lowest BCUT2D eigenvalue weighted by atomic mass is 10.1. The van der Waals surface area contributed by atoms with E-state index in [9.17, 15) is 9.59 Å². The van der Waals surface area contributed by atoms with Crippen LogP contribution in [0.2, 0.25) is 0 Å². The van der Waals surface area contributed by atoms with Crippen molar-refractivity contribution < 1.29 is 9.59 Å². The molecule has 0 saturated carbocycles. The number of benzene rings is 2. The number of aromatic nitrogens is 2. The molecule has 0 saturated heterocycles. The van der Waals surface area contributed by atoms with Crippen LogP contribution in [0.15, 0.2) is 48.5 Å². The fourth-order valence-electron chi connectivity index (χ4n) is 4.98. The largest absolute Gasteiger partial charge is 0.337 e. The summed E-state index contributed by atoms with van der Waals surface area (Å²) >= 11 is 0. The lowest BCUT2D eigenvalue weighted by Crippen LogP contribution is -2.37. The summed E-state index contributed by atoms with van der Waals surface area (Å²) in [6.07, 6.45) is 2.92. The Balaban J connectivity index is 1.49. The fourth-order valence-corrected chi connectivity index (χ4v) is 4.98. The number of fused-ring (bicyclic) bond motifs is 2. The van der Waals surface area contributed by atoms with Crippen molar-refractivity contribution >= 4 is 28.5 Å². The van der Waals surface area contributed by atoms with Crippen LogP contribution in [0.1, 0.15) is 44.5 Å². The molecule has 0 N–H and O–H groups in total. The van der Waals surface area contributed by atoms with Crippen molar-refractivity contribution in [1.29, 1.82) is 0 Å². The third-order valence-corrected chi connectivity index (χ3v) is 6.89. The molecule has 2 aromatic carbocycles. The number of rotatable bonds is 5. The molecule has 186 valence electrons. The second kappa shape index (κ2) is 11.5. The van der Waals surface area contributed by atoms with Crippen molar-refractivity contribution in [2.24, 2.45) is 0 Å². The minimum atomic E-state index is 0.0380. The molecule has 0 atom stereocenters. The Kier molecular flexibility index (Phi) is 8.18. The van der Waals surface area contributed by atoms with Gasteiger partial charge in [0.2, 0.25) is 11.8 Å². The highest BCUT2D eigenvalue weighted by Gasteiger charge is 2.21. The average Bonchev–Trinajstić information content (AvgIpc) is 3.20. The number of likely N-dealkylation sites (N-methyl/N-ethyl adjacent to an activating group) is 1. The Morgan fingerprint density at radius 2 is 1.74 bits per heavy atom. The molecule has 1 aliphatic rings. The van der Waals surface area contributed by atoms with Gasteiger partial charge in [-0.3, -0.25) is 9.59 Å². The zero-order chi connectivity index (χ0) is 24.8. The Morgan fingerprint density at radius 1 is 0.971 bits per heavy atom. The van der Waals surface area contributed by atoms with Crippen LogP contribution < -0.4 is 4.90 Å². The number of para-hydroxylation sites is 3. The van der Waals surface area contributed by atoms with Gasteiger partial charge in [0.25, 0.3) is 0 Å². The van der Waals surface area contributed by atoms with Gasteiger partial charge in [0.1, 0.15) is 5.82 Å². The lowest BCUT2D eigenvalue weighted by Gasteiger charge is -2.27. The van der Waals surface area contributed by atoms with Crippen molar-refractivity contribution in [3.05, 3.63) is 59.9 Å². The van der Waals surface area contributed by atoms with E-state index in [1.165, 1.54) is 0 Å². The van der Waals surface area contributed by atoms with Crippen molar-refractivity contribution in [2.45, 2.75) is 52.6 Å². The monoisotopic (exact) mass is 475 g/mol. The van der Waals surface area contributed by atoms with E-state index in [0.717, 1.165) is 67.0 Å². The maximum absolute atomic E-state index is 13.4. The van der Waals surface area contributed by atoms with Gasteiger partial charge in [-0.05, 0) is 57.1 Å². The number of imidazole rings is 1. The Morgan fingerprint density at radius 3 is 2.54 bits per heavy atom. The predicted octanol–water partition coefficient (Wildman–Crippen LogP) is 4.10. The minimum Gasteiger partial charge on any atom is -0.337 e. The third kappa shape index (κ3) is 5.90. The van der Waals surface area contributed by atoms with Crippen molar-refractivity contribution in [1.82, 2.24) is 19.4 Å². The summed E-state index contributed by atoms with van der Waals surface area (Å²) in [5.74, 6) is 1.23. The summed E-state index contributed by atoms with van der Waals surface area (Å²) in [6, 6.07) is 16.2. The number of amides is 2. The number of hydrogen-bond donors (Lipinski definition) is 0. The molecule has 0 fully saturated rings. The number of aryl methyl sites for hydroxylation is 2. The SMILES string of the molecule is CCn1c(CCCC(=O)N2CCN(C)CCCN(C(C)=O)c3ccccc3C2)nc2ccccc21. The van der Waals surface area contributed by atoms with Crippen molar-refractivity contribution in [3.63, 3.8) is 0 Å². The van der Waals surface area contributed by atoms with Gasteiger partial charge in [0.05, 0.1) is 11.0 Å². The summed E-state index contributed by atoms with van der Waals surface area (Å²) in [5, 5.41) is 0. The third-order valence-electron chi connectivity index (χ3n) is 6.89. The Labute approximate surface area is 208 Å². The highest BCUT2D eigenvalue weighted by Crippen LogP contribution is 2.24. The quantitative estimate of drug-likeness (QED) is 0.558. The van der Waals surface area contributed by atoms with Crippen LogP contribution in [0.3, 0.4) is 0 Å². The van der Waals surface area contributed by atoms with Gasteiger partial charge >= 0.3 is 0 Å². The molecule has 7 heteroatoms. The van der Waals surface area contributed by atoms with E-state index in [1.54, 1.807) is 6.92 Å². The summed E-state index contributed by atoms with van der Waals surface area (Å²) in [7, 11) is 2.08.